The van der Waals surface area contributed by atoms with E-state index in [2.05, 4.69) is 59.7 Å². The number of fused-ring (bicyclic) bond motifs is 7. The molecule has 0 radical (unpaired) electrons. The molecule has 0 saturated heterocycles. The maximum absolute atomic E-state index is 6.03. The first-order valence-electron chi connectivity index (χ1n) is 7.41. The molecule has 0 spiro atoms. The standard InChI is InChI=1S/C18H16N2O/c1-10-7-11(2)17-13(8-10)20-16(19-17)9-15-18(20)12-5-3-4-6-14(12)21-15/h3-4,6-9,12,19H,5H2,1-2H3. The summed E-state index contributed by atoms with van der Waals surface area (Å²) in [5.74, 6) is 2.44. The number of aryl methyl sites for hydroxylation is 2. The van der Waals surface area contributed by atoms with Crippen LogP contribution < -0.4 is 4.74 Å². The molecule has 21 heavy (non-hydrogen) atoms. The maximum atomic E-state index is 6.03. The Hall–Kier alpha value is -2.42. The number of rotatable bonds is 0. The van der Waals surface area contributed by atoms with Gasteiger partial charge in [0.05, 0.1) is 22.6 Å². The number of allylic oxidation sites excluding steroid dienone is 4. The quantitative estimate of drug-likeness (QED) is 0.649. The van der Waals surface area contributed by atoms with Crippen molar-refractivity contribution in [2.45, 2.75) is 26.2 Å². The molecule has 1 aromatic carbocycles. The summed E-state index contributed by atoms with van der Waals surface area (Å²) in [6.07, 6.45) is 7.41. The number of hydrogen-bond donors (Lipinski definition) is 1. The van der Waals surface area contributed by atoms with Gasteiger partial charge in [-0.05, 0) is 43.5 Å². The minimum Gasteiger partial charge on any atom is -0.459 e. The SMILES string of the molecule is Cc1cc(C)c2[nH]c3cc4c(n3c2c1)C1CC=CC=C1O4. The molecule has 0 amide bonds. The number of nitrogens with one attached hydrogen (secondary N) is 1. The second-order valence-corrected chi connectivity index (χ2v) is 6.10. The van der Waals surface area contributed by atoms with Gasteiger partial charge in [0.25, 0.3) is 0 Å². The zero-order valence-corrected chi connectivity index (χ0v) is 12.1. The van der Waals surface area contributed by atoms with Crippen LogP contribution in [0, 0.1) is 13.8 Å². The molecule has 0 bridgehead atoms. The van der Waals surface area contributed by atoms with Gasteiger partial charge in [0.15, 0.2) is 5.75 Å². The number of imidazole rings is 1. The Morgan fingerprint density at radius 3 is 3.05 bits per heavy atom. The zero-order valence-electron chi connectivity index (χ0n) is 12.1. The third-order valence-corrected chi connectivity index (χ3v) is 4.62. The number of aromatic nitrogens is 2. The van der Waals surface area contributed by atoms with E-state index in [0.29, 0.717) is 5.92 Å². The van der Waals surface area contributed by atoms with Crippen LogP contribution in [0.4, 0.5) is 0 Å². The van der Waals surface area contributed by atoms with Crippen LogP contribution in [0.2, 0.25) is 0 Å². The van der Waals surface area contributed by atoms with Crippen molar-refractivity contribution >= 4 is 16.7 Å². The zero-order chi connectivity index (χ0) is 14.1. The van der Waals surface area contributed by atoms with Gasteiger partial charge in [0.2, 0.25) is 0 Å². The molecule has 3 heterocycles. The third-order valence-electron chi connectivity index (χ3n) is 4.62. The number of H-pyrrole nitrogens is 1. The van der Waals surface area contributed by atoms with E-state index in [1.165, 1.54) is 27.9 Å². The first kappa shape index (κ1) is 11.3. The lowest BCUT2D eigenvalue weighted by Gasteiger charge is -2.12. The lowest BCUT2D eigenvalue weighted by molar-refractivity contribution is 0.425. The van der Waals surface area contributed by atoms with Gasteiger partial charge in [-0.3, -0.25) is 4.40 Å². The van der Waals surface area contributed by atoms with E-state index in [-0.39, 0.29) is 0 Å². The number of nitrogens with zero attached hydrogens (tertiary/aromatic N) is 1. The lowest BCUT2D eigenvalue weighted by atomic mass is 9.97. The summed E-state index contributed by atoms with van der Waals surface area (Å²) in [7, 11) is 0. The summed E-state index contributed by atoms with van der Waals surface area (Å²) in [6.45, 7) is 4.32. The van der Waals surface area contributed by atoms with Crippen LogP contribution in [0.15, 0.2) is 42.2 Å². The molecule has 1 N–H and O–H groups in total. The first-order chi connectivity index (χ1) is 10.2. The molecule has 0 saturated carbocycles. The van der Waals surface area contributed by atoms with Crippen LogP contribution in [0.1, 0.15) is 29.2 Å². The topological polar surface area (TPSA) is 29.4 Å². The van der Waals surface area contributed by atoms with Gasteiger partial charge >= 0.3 is 0 Å². The van der Waals surface area contributed by atoms with Crippen LogP contribution in [-0.2, 0) is 0 Å². The Morgan fingerprint density at radius 1 is 1.24 bits per heavy atom. The molecule has 3 aromatic rings. The highest BCUT2D eigenvalue weighted by Gasteiger charge is 2.34. The van der Waals surface area contributed by atoms with Crippen LogP contribution in [0.5, 0.6) is 5.75 Å². The fourth-order valence-electron chi connectivity index (χ4n) is 3.76. The number of benzene rings is 1. The van der Waals surface area contributed by atoms with Crippen molar-refractivity contribution in [1.29, 1.82) is 0 Å². The molecule has 1 atom stereocenters. The molecule has 1 aliphatic heterocycles. The normalized spacial score (nSPS) is 19.7. The summed E-state index contributed by atoms with van der Waals surface area (Å²) in [5.41, 5.74) is 7.47. The smallest absolute Gasteiger partial charge is 0.151 e. The highest BCUT2D eigenvalue weighted by molar-refractivity contribution is 5.86. The van der Waals surface area contributed by atoms with Crippen molar-refractivity contribution in [3.8, 4) is 5.75 Å². The van der Waals surface area contributed by atoms with Crippen LogP contribution in [-0.4, -0.2) is 9.38 Å². The van der Waals surface area contributed by atoms with Crippen molar-refractivity contribution in [2.75, 3.05) is 0 Å². The van der Waals surface area contributed by atoms with E-state index >= 15 is 0 Å². The Bertz CT molecular complexity index is 968. The first-order valence-corrected chi connectivity index (χ1v) is 7.41. The third kappa shape index (κ3) is 1.33. The summed E-state index contributed by atoms with van der Waals surface area (Å²) >= 11 is 0. The highest BCUT2D eigenvalue weighted by Crippen LogP contribution is 2.47. The molecule has 5 rings (SSSR count). The molecule has 2 aliphatic rings. The van der Waals surface area contributed by atoms with Gasteiger partial charge in [-0.25, -0.2) is 0 Å². The summed E-state index contributed by atoms with van der Waals surface area (Å²) in [6, 6.07) is 6.61. The second kappa shape index (κ2) is 3.61. The Balaban J connectivity index is 1.90. The van der Waals surface area contributed by atoms with Crippen LogP contribution in [0.25, 0.3) is 16.7 Å². The van der Waals surface area contributed by atoms with E-state index in [9.17, 15) is 0 Å². The number of aromatic amines is 1. The second-order valence-electron chi connectivity index (χ2n) is 6.10. The largest absolute Gasteiger partial charge is 0.459 e. The van der Waals surface area contributed by atoms with Gasteiger partial charge in [0.1, 0.15) is 11.4 Å². The Kier molecular flexibility index (Phi) is 1.94. The number of ether oxygens (including phenoxy) is 1. The van der Waals surface area contributed by atoms with Gasteiger partial charge < -0.3 is 9.72 Å². The monoisotopic (exact) mass is 276 g/mol. The summed E-state index contributed by atoms with van der Waals surface area (Å²) < 4.78 is 8.38. The van der Waals surface area contributed by atoms with Gasteiger partial charge in [-0.1, -0.05) is 18.2 Å². The molecule has 3 nitrogen and oxygen atoms in total. The Labute approximate surface area is 122 Å². The van der Waals surface area contributed by atoms with Gasteiger partial charge in [-0.2, -0.15) is 0 Å². The predicted molar refractivity (Wildman–Crippen MR) is 83.9 cm³/mol. The van der Waals surface area contributed by atoms with E-state index in [1.807, 2.05) is 0 Å². The van der Waals surface area contributed by atoms with Crippen molar-refractivity contribution in [3.63, 3.8) is 0 Å². The molecular weight excluding hydrogens is 260 g/mol. The van der Waals surface area contributed by atoms with E-state index in [0.717, 1.165) is 23.6 Å². The maximum Gasteiger partial charge on any atom is 0.151 e. The highest BCUT2D eigenvalue weighted by atomic mass is 16.5. The average Bonchev–Trinajstić information content (AvgIpc) is 3.06. The minimum atomic E-state index is 0.354. The van der Waals surface area contributed by atoms with E-state index < -0.39 is 0 Å². The average molecular weight is 276 g/mol. The molecular formula is C18H16N2O. The molecule has 0 fully saturated rings. The summed E-state index contributed by atoms with van der Waals surface area (Å²) in [4.78, 5) is 3.54. The van der Waals surface area contributed by atoms with Crippen molar-refractivity contribution < 1.29 is 4.74 Å². The minimum absolute atomic E-state index is 0.354. The van der Waals surface area contributed by atoms with E-state index in [4.69, 9.17) is 4.74 Å². The summed E-state index contributed by atoms with van der Waals surface area (Å²) in [5, 5.41) is 0. The van der Waals surface area contributed by atoms with Crippen molar-refractivity contribution in [3.05, 3.63) is 59.0 Å². The Morgan fingerprint density at radius 2 is 2.14 bits per heavy atom. The molecule has 3 heteroatoms. The van der Waals surface area contributed by atoms with Gasteiger partial charge in [-0.15, -0.1) is 0 Å². The molecule has 2 aromatic heterocycles. The van der Waals surface area contributed by atoms with Gasteiger partial charge in [0, 0.05) is 6.07 Å². The van der Waals surface area contributed by atoms with E-state index in [1.54, 1.807) is 0 Å². The molecule has 1 unspecified atom stereocenters. The molecule has 1 aliphatic carbocycles. The lowest BCUT2D eigenvalue weighted by Crippen LogP contribution is -2.03. The fourth-order valence-corrected chi connectivity index (χ4v) is 3.76. The van der Waals surface area contributed by atoms with Crippen LogP contribution >= 0.6 is 0 Å². The number of hydrogen-bond acceptors (Lipinski definition) is 1. The molecule has 104 valence electrons. The van der Waals surface area contributed by atoms with Crippen molar-refractivity contribution in [1.82, 2.24) is 9.38 Å². The van der Waals surface area contributed by atoms with Crippen molar-refractivity contribution in [2.24, 2.45) is 0 Å². The van der Waals surface area contributed by atoms with Crippen LogP contribution in [0.3, 0.4) is 0 Å². The predicted octanol–water partition coefficient (Wildman–Crippen LogP) is 4.36. The fraction of sp³-hybridized carbons (Fsp3) is 0.222.